The Labute approximate surface area is 168 Å². The molecule has 0 radical (unpaired) electrons. The third kappa shape index (κ3) is 3.40. The van der Waals surface area contributed by atoms with Crippen molar-refractivity contribution < 1.29 is 23.7 Å². The highest BCUT2D eigenvalue weighted by Crippen LogP contribution is 2.44. The lowest BCUT2D eigenvalue weighted by Gasteiger charge is -2.14. The molecule has 0 spiro atoms. The van der Waals surface area contributed by atoms with Crippen LogP contribution in [0.1, 0.15) is 18.9 Å². The van der Waals surface area contributed by atoms with Gasteiger partial charge in [0.15, 0.2) is 11.5 Å². The van der Waals surface area contributed by atoms with Gasteiger partial charge in [-0.15, -0.1) is 0 Å². The van der Waals surface area contributed by atoms with Gasteiger partial charge in [-0.2, -0.15) is 0 Å². The molecule has 0 aliphatic carbocycles. The SMILES string of the molecule is CCC(=O)Nc1cc2c(C)cc(-c3cc(OC)c4c(c3)OCO4)nc2cc1OC. The Bertz CT molecular complexity index is 1110. The number of carbonyl (C=O) groups is 1. The molecular weight excluding hydrogens is 372 g/mol. The zero-order chi connectivity index (χ0) is 20.5. The fourth-order valence-electron chi connectivity index (χ4n) is 3.35. The zero-order valence-corrected chi connectivity index (χ0v) is 16.8. The summed E-state index contributed by atoms with van der Waals surface area (Å²) in [5, 5.41) is 3.82. The zero-order valence-electron chi connectivity index (χ0n) is 16.8. The number of aromatic nitrogens is 1. The third-order valence-electron chi connectivity index (χ3n) is 4.89. The molecule has 1 aliphatic rings. The van der Waals surface area contributed by atoms with E-state index in [1.54, 1.807) is 14.2 Å². The monoisotopic (exact) mass is 394 g/mol. The number of fused-ring (bicyclic) bond motifs is 2. The molecule has 0 fully saturated rings. The van der Waals surface area contributed by atoms with E-state index in [1.807, 2.05) is 44.2 Å². The standard InChI is InChI=1S/C22H22N2O5/c1-5-21(25)24-17-9-14-12(2)6-15(23-16(14)10-18(17)26-3)13-7-19(27-4)22-20(8-13)28-11-29-22/h6-10H,5,11H2,1-4H3,(H,24,25). The van der Waals surface area contributed by atoms with Crippen LogP contribution in [-0.4, -0.2) is 31.9 Å². The molecule has 7 heteroatoms. The number of aryl methyl sites for hydroxylation is 1. The van der Waals surface area contributed by atoms with Crippen molar-refractivity contribution in [2.75, 3.05) is 26.3 Å². The van der Waals surface area contributed by atoms with Gasteiger partial charge in [-0.25, -0.2) is 4.98 Å². The van der Waals surface area contributed by atoms with E-state index >= 15 is 0 Å². The second-order valence-corrected chi connectivity index (χ2v) is 6.71. The minimum Gasteiger partial charge on any atom is -0.494 e. The van der Waals surface area contributed by atoms with E-state index in [0.717, 1.165) is 27.7 Å². The van der Waals surface area contributed by atoms with Gasteiger partial charge in [-0.1, -0.05) is 6.92 Å². The quantitative estimate of drug-likeness (QED) is 0.695. The summed E-state index contributed by atoms with van der Waals surface area (Å²) >= 11 is 0. The number of rotatable bonds is 5. The smallest absolute Gasteiger partial charge is 0.231 e. The van der Waals surface area contributed by atoms with Gasteiger partial charge >= 0.3 is 0 Å². The summed E-state index contributed by atoms with van der Waals surface area (Å²) in [6.45, 7) is 3.99. The van der Waals surface area contributed by atoms with E-state index < -0.39 is 0 Å². The van der Waals surface area contributed by atoms with Crippen LogP contribution in [0.15, 0.2) is 30.3 Å². The molecule has 7 nitrogen and oxygen atoms in total. The van der Waals surface area contributed by atoms with Crippen molar-refractivity contribution in [1.29, 1.82) is 0 Å². The summed E-state index contributed by atoms with van der Waals surface area (Å²) in [4.78, 5) is 16.7. The lowest BCUT2D eigenvalue weighted by molar-refractivity contribution is -0.115. The first kappa shape index (κ1) is 18.9. The van der Waals surface area contributed by atoms with Gasteiger partial charge in [0.05, 0.1) is 31.1 Å². The Kier molecular flexibility index (Phi) is 4.88. The number of nitrogens with one attached hydrogen (secondary N) is 1. The van der Waals surface area contributed by atoms with Gasteiger partial charge in [0.25, 0.3) is 0 Å². The number of hydrogen-bond donors (Lipinski definition) is 1. The van der Waals surface area contributed by atoms with E-state index in [9.17, 15) is 4.79 Å². The van der Waals surface area contributed by atoms with Crippen LogP contribution >= 0.6 is 0 Å². The average Bonchev–Trinajstić information content (AvgIpc) is 3.21. The maximum Gasteiger partial charge on any atom is 0.231 e. The molecule has 1 amide bonds. The molecule has 1 aromatic heterocycles. The lowest BCUT2D eigenvalue weighted by Crippen LogP contribution is -2.10. The predicted octanol–water partition coefficient (Wildman–Crippen LogP) is 4.30. The molecule has 4 rings (SSSR count). The summed E-state index contributed by atoms with van der Waals surface area (Å²) in [5.41, 5.74) is 4.06. The normalized spacial score (nSPS) is 12.1. The molecule has 1 N–H and O–H groups in total. The number of hydrogen-bond acceptors (Lipinski definition) is 6. The maximum atomic E-state index is 11.8. The molecule has 1 aliphatic heterocycles. The van der Waals surface area contributed by atoms with Gasteiger partial charge in [0.2, 0.25) is 18.4 Å². The summed E-state index contributed by atoms with van der Waals surface area (Å²) in [5.74, 6) is 2.33. The van der Waals surface area contributed by atoms with Crippen molar-refractivity contribution in [2.45, 2.75) is 20.3 Å². The Balaban J connectivity index is 1.84. The average molecular weight is 394 g/mol. The summed E-state index contributed by atoms with van der Waals surface area (Å²) < 4.78 is 21.9. The Morgan fingerprint density at radius 3 is 2.62 bits per heavy atom. The van der Waals surface area contributed by atoms with Gasteiger partial charge in [0.1, 0.15) is 5.75 Å². The van der Waals surface area contributed by atoms with E-state index in [4.69, 9.17) is 23.9 Å². The van der Waals surface area contributed by atoms with E-state index in [-0.39, 0.29) is 12.7 Å². The highest BCUT2D eigenvalue weighted by Gasteiger charge is 2.21. The third-order valence-corrected chi connectivity index (χ3v) is 4.89. The molecule has 0 saturated heterocycles. The van der Waals surface area contributed by atoms with Crippen LogP contribution in [0.25, 0.3) is 22.2 Å². The van der Waals surface area contributed by atoms with Crippen LogP contribution in [0.2, 0.25) is 0 Å². The van der Waals surface area contributed by atoms with Crippen molar-refractivity contribution in [3.05, 3.63) is 35.9 Å². The number of carbonyl (C=O) groups excluding carboxylic acids is 1. The second kappa shape index (κ2) is 7.50. The highest BCUT2D eigenvalue weighted by atomic mass is 16.7. The molecule has 0 atom stereocenters. The van der Waals surface area contributed by atoms with Crippen LogP contribution < -0.4 is 24.3 Å². The summed E-state index contributed by atoms with van der Waals surface area (Å²) in [6.07, 6.45) is 0.392. The molecule has 2 heterocycles. The van der Waals surface area contributed by atoms with Crippen LogP contribution in [-0.2, 0) is 4.79 Å². The number of amides is 1. The van der Waals surface area contributed by atoms with Gasteiger partial charge in [-0.3, -0.25) is 4.79 Å². The van der Waals surface area contributed by atoms with Crippen LogP contribution in [0, 0.1) is 6.92 Å². The number of benzene rings is 2. The molecule has 0 saturated carbocycles. The van der Waals surface area contributed by atoms with Crippen molar-refractivity contribution in [3.8, 4) is 34.3 Å². The fourth-order valence-corrected chi connectivity index (χ4v) is 3.35. The van der Waals surface area contributed by atoms with E-state index in [0.29, 0.717) is 35.1 Å². The predicted molar refractivity (Wildman–Crippen MR) is 110 cm³/mol. The molecule has 2 aromatic carbocycles. The second-order valence-electron chi connectivity index (χ2n) is 6.71. The molecule has 150 valence electrons. The first-order chi connectivity index (χ1) is 14.0. The Hall–Kier alpha value is -3.48. The van der Waals surface area contributed by atoms with Crippen molar-refractivity contribution in [3.63, 3.8) is 0 Å². The minimum atomic E-state index is -0.0719. The van der Waals surface area contributed by atoms with Crippen molar-refractivity contribution in [2.24, 2.45) is 0 Å². The number of pyridine rings is 1. The molecule has 0 unspecified atom stereocenters. The Morgan fingerprint density at radius 2 is 1.90 bits per heavy atom. The first-order valence-corrected chi connectivity index (χ1v) is 9.31. The minimum absolute atomic E-state index is 0.0719. The number of methoxy groups -OCH3 is 2. The maximum absolute atomic E-state index is 11.8. The fraction of sp³-hybridized carbons (Fsp3) is 0.273. The van der Waals surface area contributed by atoms with Crippen LogP contribution in [0.3, 0.4) is 0 Å². The summed E-state index contributed by atoms with van der Waals surface area (Å²) in [6, 6.07) is 9.51. The first-order valence-electron chi connectivity index (χ1n) is 9.31. The molecule has 3 aromatic rings. The molecule has 29 heavy (non-hydrogen) atoms. The van der Waals surface area contributed by atoms with Crippen LogP contribution in [0.5, 0.6) is 23.0 Å². The number of ether oxygens (including phenoxy) is 4. The van der Waals surface area contributed by atoms with Crippen molar-refractivity contribution in [1.82, 2.24) is 4.98 Å². The summed E-state index contributed by atoms with van der Waals surface area (Å²) in [7, 11) is 3.17. The van der Waals surface area contributed by atoms with Crippen molar-refractivity contribution >= 4 is 22.5 Å². The Morgan fingerprint density at radius 1 is 1.10 bits per heavy atom. The lowest BCUT2D eigenvalue weighted by atomic mass is 10.0. The highest BCUT2D eigenvalue weighted by molar-refractivity contribution is 5.97. The topological polar surface area (TPSA) is 78.9 Å². The molecule has 0 bridgehead atoms. The van der Waals surface area contributed by atoms with E-state index in [1.165, 1.54) is 0 Å². The number of anilines is 1. The van der Waals surface area contributed by atoms with Crippen LogP contribution in [0.4, 0.5) is 5.69 Å². The molecular formula is C22H22N2O5. The van der Waals surface area contributed by atoms with Gasteiger partial charge in [-0.05, 0) is 36.8 Å². The van der Waals surface area contributed by atoms with Gasteiger partial charge in [0, 0.05) is 23.4 Å². The van der Waals surface area contributed by atoms with E-state index in [2.05, 4.69) is 5.32 Å². The largest absolute Gasteiger partial charge is 0.494 e. The van der Waals surface area contributed by atoms with Gasteiger partial charge < -0.3 is 24.3 Å². The number of nitrogens with zero attached hydrogens (tertiary/aromatic N) is 1.